The van der Waals surface area contributed by atoms with E-state index in [0.717, 1.165) is 15.7 Å². The van der Waals surface area contributed by atoms with Crippen LogP contribution in [0.4, 0.5) is 0 Å². The summed E-state index contributed by atoms with van der Waals surface area (Å²) in [7, 11) is 0. The van der Waals surface area contributed by atoms with Gasteiger partial charge in [-0.1, -0.05) is 13.0 Å². The highest BCUT2D eigenvalue weighted by Crippen LogP contribution is 2.15. The van der Waals surface area contributed by atoms with Crippen LogP contribution >= 0.6 is 22.6 Å². The Morgan fingerprint density at radius 1 is 1.33 bits per heavy atom. The number of aromatic nitrogens is 1. The van der Waals surface area contributed by atoms with Gasteiger partial charge in [-0.3, -0.25) is 4.79 Å². The number of hydrogen-bond acceptors (Lipinski definition) is 1. The van der Waals surface area contributed by atoms with Gasteiger partial charge in [-0.2, -0.15) is 0 Å². The lowest BCUT2D eigenvalue weighted by Crippen LogP contribution is -2.26. The Kier molecular flexibility index (Phi) is 4.41. The van der Waals surface area contributed by atoms with Crippen molar-refractivity contribution in [3.8, 4) is 5.69 Å². The molecule has 0 atom stereocenters. The molecule has 3 nitrogen and oxygen atoms in total. The maximum Gasteiger partial charge on any atom is 0.268 e. The summed E-state index contributed by atoms with van der Waals surface area (Å²) >= 11 is 2.27. The van der Waals surface area contributed by atoms with Crippen LogP contribution in [0.2, 0.25) is 0 Å². The molecule has 2 rings (SSSR count). The van der Waals surface area contributed by atoms with Gasteiger partial charge in [0.15, 0.2) is 0 Å². The molecule has 0 aliphatic carbocycles. The predicted molar refractivity (Wildman–Crippen MR) is 81.1 cm³/mol. The molecule has 0 saturated carbocycles. The monoisotopic (exact) mass is 354 g/mol. The van der Waals surface area contributed by atoms with E-state index in [9.17, 15) is 4.79 Å². The van der Waals surface area contributed by atoms with E-state index in [4.69, 9.17) is 0 Å². The second-order valence-electron chi connectivity index (χ2n) is 4.00. The normalized spacial score (nSPS) is 10.3. The molecule has 1 heterocycles. The van der Waals surface area contributed by atoms with Gasteiger partial charge >= 0.3 is 0 Å². The fourth-order valence-electron chi connectivity index (χ4n) is 1.75. The Balaban J connectivity index is 2.30. The highest BCUT2D eigenvalue weighted by molar-refractivity contribution is 14.1. The first-order valence-electron chi connectivity index (χ1n) is 5.94. The molecule has 0 bridgehead atoms. The Labute approximate surface area is 120 Å². The number of carbonyl (C=O) groups excluding carboxylic acids is 1. The average molecular weight is 354 g/mol. The van der Waals surface area contributed by atoms with Crippen molar-refractivity contribution in [2.45, 2.75) is 13.3 Å². The lowest BCUT2D eigenvalue weighted by Gasteiger charge is -2.09. The van der Waals surface area contributed by atoms with Gasteiger partial charge < -0.3 is 9.88 Å². The summed E-state index contributed by atoms with van der Waals surface area (Å²) in [5.74, 6) is -0.0271. The molecular weight excluding hydrogens is 339 g/mol. The van der Waals surface area contributed by atoms with Crippen molar-refractivity contribution < 1.29 is 4.79 Å². The zero-order chi connectivity index (χ0) is 13.0. The topological polar surface area (TPSA) is 34.0 Å². The molecule has 0 aliphatic rings. The van der Waals surface area contributed by atoms with Gasteiger partial charge in [-0.25, -0.2) is 0 Å². The van der Waals surface area contributed by atoms with Crippen molar-refractivity contribution >= 4 is 28.5 Å². The third-order valence-corrected chi connectivity index (χ3v) is 3.27. The molecule has 0 saturated heterocycles. The highest BCUT2D eigenvalue weighted by Gasteiger charge is 2.11. The lowest BCUT2D eigenvalue weighted by atomic mass is 10.3. The third kappa shape index (κ3) is 2.93. The fourth-order valence-corrected chi connectivity index (χ4v) is 2.27. The number of rotatable bonds is 4. The number of benzene rings is 1. The van der Waals surface area contributed by atoms with Crippen LogP contribution in [-0.2, 0) is 0 Å². The van der Waals surface area contributed by atoms with E-state index in [1.807, 2.05) is 48.0 Å². The van der Waals surface area contributed by atoms with E-state index in [0.29, 0.717) is 12.2 Å². The maximum atomic E-state index is 12.0. The van der Waals surface area contributed by atoms with Gasteiger partial charge in [0.2, 0.25) is 0 Å². The minimum Gasteiger partial charge on any atom is -0.351 e. The summed E-state index contributed by atoms with van der Waals surface area (Å²) in [6.07, 6.45) is 2.85. The molecule has 0 fully saturated rings. The largest absolute Gasteiger partial charge is 0.351 e. The van der Waals surface area contributed by atoms with Crippen LogP contribution in [0.1, 0.15) is 23.8 Å². The smallest absolute Gasteiger partial charge is 0.268 e. The Morgan fingerprint density at radius 3 is 2.89 bits per heavy atom. The molecule has 4 heteroatoms. The van der Waals surface area contributed by atoms with Crippen molar-refractivity contribution in [1.82, 2.24) is 9.88 Å². The minimum absolute atomic E-state index is 0.0271. The van der Waals surface area contributed by atoms with Crippen molar-refractivity contribution in [1.29, 1.82) is 0 Å². The molecule has 2 aromatic rings. The Hall–Kier alpha value is -1.30. The van der Waals surface area contributed by atoms with E-state index < -0.39 is 0 Å². The first kappa shape index (κ1) is 13.1. The average Bonchev–Trinajstić information content (AvgIpc) is 2.85. The molecule has 1 N–H and O–H groups in total. The molecule has 1 amide bonds. The SMILES string of the molecule is CCCNC(=O)c1cccn1-c1cccc(I)c1. The summed E-state index contributed by atoms with van der Waals surface area (Å²) in [6.45, 7) is 2.75. The van der Waals surface area contributed by atoms with Crippen molar-refractivity contribution in [3.63, 3.8) is 0 Å². The number of nitrogens with one attached hydrogen (secondary N) is 1. The van der Waals surface area contributed by atoms with E-state index >= 15 is 0 Å². The molecule has 18 heavy (non-hydrogen) atoms. The first-order valence-corrected chi connectivity index (χ1v) is 7.01. The standard InChI is InChI=1S/C14H15IN2O/c1-2-8-16-14(18)13-7-4-9-17(13)12-6-3-5-11(15)10-12/h3-7,9-10H,2,8H2,1H3,(H,16,18). The lowest BCUT2D eigenvalue weighted by molar-refractivity contribution is 0.0947. The molecule has 0 aliphatic heterocycles. The van der Waals surface area contributed by atoms with E-state index in [-0.39, 0.29) is 5.91 Å². The van der Waals surface area contributed by atoms with Crippen LogP contribution in [0.15, 0.2) is 42.6 Å². The molecule has 94 valence electrons. The van der Waals surface area contributed by atoms with Crippen LogP contribution in [-0.4, -0.2) is 17.0 Å². The summed E-state index contributed by atoms with van der Waals surface area (Å²) in [6, 6.07) is 11.8. The summed E-state index contributed by atoms with van der Waals surface area (Å²) in [4.78, 5) is 12.0. The number of carbonyl (C=O) groups is 1. The molecule has 0 unspecified atom stereocenters. The Morgan fingerprint density at radius 2 is 2.17 bits per heavy atom. The van der Waals surface area contributed by atoms with E-state index in [1.165, 1.54) is 0 Å². The van der Waals surface area contributed by atoms with Crippen molar-refractivity contribution in [2.75, 3.05) is 6.54 Å². The molecule has 0 radical (unpaired) electrons. The molecule has 0 spiro atoms. The van der Waals surface area contributed by atoms with Crippen LogP contribution in [0.3, 0.4) is 0 Å². The van der Waals surface area contributed by atoms with E-state index in [2.05, 4.69) is 34.0 Å². The zero-order valence-electron chi connectivity index (χ0n) is 10.2. The van der Waals surface area contributed by atoms with Crippen LogP contribution < -0.4 is 5.32 Å². The fraction of sp³-hybridized carbons (Fsp3) is 0.214. The van der Waals surface area contributed by atoms with Gasteiger partial charge in [0.1, 0.15) is 5.69 Å². The number of hydrogen-bond donors (Lipinski definition) is 1. The number of nitrogens with zero attached hydrogens (tertiary/aromatic N) is 1. The van der Waals surface area contributed by atoms with E-state index in [1.54, 1.807) is 0 Å². The Bertz CT molecular complexity index is 548. The third-order valence-electron chi connectivity index (χ3n) is 2.60. The quantitative estimate of drug-likeness (QED) is 0.841. The highest BCUT2D eigenvalue weighted by atomic mass is 127. The molecule has 1 aromatic carbocycles. The minimum atomic E-state index is -0.0271. The van der Waals surface area contributed by atoms with Gasteiger partial charge in [0.25, 0.3) is 5.91 Å². The first-order chi connectivity index (χ1) is 8.72. The molecule has 1 aromatic heterocycles. The number of amides is 1. The zero-order valence-corrected chi connectivity index (χ0v) is 12.3. The van der Waals surface area contributed by atoms with Gasteiger partial charge in [0.05, 0.1) is 0 Å². The van der Waals surface area contributed by atoms with Crippen molar-refractivity contribution in [3.05, 3.63) is 51.9 Å². The van der Waals surface area contributed by atoms with Gasteiger partial charge in [0, 0.05) is 22.0 Å². The number of halogens is 1. The summed E-state index contributed by atoms with van der Waals surface area (Å²) < 4.78 is 3.06. The van der Waals surface area contributed by atoms with Gasteiger partial charge in [-0.05, 0) is 59.3 Å². The van der Waals surface area contributed by atoms with Crippen molar-refractivity contribution in [2.24, 2.45) is 0 Å². The van der Waals surface area contributed by atoms with Crippen LogP contribution in [0, 0.1) is 3.57 Å². The summed E-state index contributed by atoms with van der Waals surface area (Å²) in [5.41, 5.74) is 1.68. The second-order valence-corrected chi connectivity index (χ2v) is 5.24. The predicted octanol–water partition coefficient (Wildman–Crippen LogP) is 3.22. The summed E-state index contributed by atoms with van der Waals surface area (Å²) in [5, 5.41) is 2.90. The van der Waals surface area contributed by atoms with Crippen LogP contribution in [0.25, 0.3) is 5.69 Å². The van der Waals surface area contributed by atoms with Gasteiger partial charge in [-0.15, -0.1) is 0 Å². The molecular formula is C14H15IN2O. The maximum absolute atomic E-state index is 12.0. The second kappa shape index (κ2) is 6.04. The van der Waals surface area contributed by atoms with Crippen LogP contribution in [0.5, 0.6) is 0 Å².